The van der Waals surface area contributed by atoms with Crippen molar-refractivity contribution in [2.75, 3.05) is 19.7 Å². The lowest BCUT2D eigenvalue weighted by Crippen LogP contribution is -2.52. The van der Waals surface area contributed by atoms with Crippen LogP contribution < -0.4 is 10.6 Å². The Morgan fingerprint density at radius 2 is 2.33 bits per heavy atom. The van der Waals surface area contributed by atoms with E-state index in [4.69, 9.17) is 4.74 Å². The van der Waals surface area contributed by atoms with E-state index >= 15 is 0 Å². The zero-order chi connectivity index (χ0) is 12.8. The molecule has 1 amide bonds. The number of hydrogen-bond donors (Lipinski definition) is 2. The van der Waals surface area contributed by atoms with E-state index < -0.39 is 0 Å². The normalized spacial score (nSPS) is 26.4. The molecule has 2 atom stereocenters. The van der Waals surface area contributed by atoms with Crippen LogP contribution in [0.3, 0.4) is 0 Å². The van der Waals surface area contributed by atoms with Crippen molar-refractivity contribution in [2.45, 2.75) is 57.6 Å². The minimum Gasteiger partial charge on any atom is -0.366 e. The fourth-order valence-corrected chi connectivity index (χ4v) is 2.70. The maximum Gasteiger partial charge on any atom is 0.250 e. The zero-order valence-electron chi connectivity index (χ0n) is 11.4. The predicted octanol–water partition coefficient (Wildman–Crippen LogP) is 1.45. The Kier molecular flexibility index (Phi) is 5.45. The average Bonchev–Trinajstić information content (AvgIpc) is 2.34. The summed E-state index contributed by atoms with van der Waals surface area (Å²) in [7, 11) is 0. The summed E-state index contributed by atoms with van der Waals surface area (Å²) in [6.45, 7) is 4.34. The number of rotatable bonds is 6. The first-order valence-corrected chi connectivity index (χ1v) is 7.44. The largest absolute Gasteiger partial charge is 0.366 e. The second-order valence-corrected chi connectivity index (χ2v) is 5.51. The molecule has 18 heavy (non-hydrogen) atoms. The first-order chi connectivity index (χ1) is 8.81. The number of amides is 1. The summed E-state index contributed by atoms with van der Waals surface area (Å²) in [6, 6.07) is 0.372. The van der Waals surface area contributed by atoms with Gasteiger partial charge in [0.25, 0.3) is 5.91 Å². The van der Waals surface area contributed by atoms with Gasteiger partial charge >= 0.3 is 0 Å². The minimum absolute atomic E-state index is 0.0789. The van der Waals surface area contributed by atoms with Gasteiger partial charge in [-0.3, -0.25) is 4.79 Å². The summed E-state index contributed by atoms with van der Waals surface area (Å²) in [5.41, 5.74) is 0. The van der Waals surface area contributed by atoms with Gasteiger partial charge in [-0.2, -0.15) is 0 Å². The maximum atomic E-state index is 12.1. The van der Waals surface area contributed by atoms with Crippen molar-refractivity contribution < 1.29 is 9.53 Å². The number of carbonyl (C=O) groups excluding carboxylic acids is 1. The molecule has 0 bridgehead atoms. The molecule has 104 valence electrons. The number of hydrogen-bond acceptors (Lipinski definition) is 3. The van der Waals surface area contributed by atoms with Crippen molar-refractivity contribution in [1.29, 1.82) is 0 Å². The number of nitrogens with one attached hydrogen (secondary N) is 2. The van der Waals surface area contributed by atoms with Crippen LogP contribution in [0.15, 0.2) is 0 Å². The average molecular weight is 254 g/mol. The molecule has 2 unspecified atom stereocenters. The molecule has 2 rings (SSSR count). The van der Waals surface area contributed by atoms with E-state index in [2.05, 4.69) is 17.6 Å². The van der Waals surface area contributed by atoms with Gasteiger partial charge in [-0.05, 0) is 25.2 Å². The highest BCUT2D eigenvalue weighted by molar-refractivity contribution is 5.81. The maximum absolute atomic E-state index is 12.1. The van der Waals surface area contributed by atoms with Gasteiger partial charge in [-0.25, -0.2) is 0 Å². The number of morpholine rings is 1. The molecule has 4 nitrogen and oxygen atoms in total. The molecule has 2 N–H and O–H groups in total. The van der Waals surface area contributed by atoms with Crippen LogP contribution in [0, 0.1) is 5.92 Å². The molecular weight excluding hydrogens is 228 g/mol. The Morgan fingerprint density at radius 1 is 1.50 bits per heavy atom. The van der Waals surface area contributed by atoms with Gasteiger partial charge in [0.15, 0.2) is 0 Å². The van der Waals surface area contributed by atoms with Gasteiger partial charge < -0.3 is 15.4 Å². The molecule has 0 aromatic carbocycles. The molecule has 1 saturated carbocycles. The van der Waals surface area contributed by atoms with E-state index in [0.29, 0.717) is 25.1 Å². The summed E-state index contributed by atoms with van der Waals surface area (Å²) in [5, 5.41) is 6.42. The number of ether oxygens (including phenoxy) is 1. The first kappa shape index (κ1) is 13.8. The number of unbranched alkanes of at least 4 members (excludes halogenated alkanes) is 1. The van der Waals surface area contributed by atoms with Gasteiger partial charge in [0, 0.05) is 19.1 Å². The zero-order valence-corrected chi connectivity index (χ0v) is 11.4. The van der Waals surface area contributed by atoms with E-state index in [1.54, 1.807) is 0 Å². The van der Waals surface area contributed by atoms with Crippen LogP contribution in [0.4, 0.5) is 0 Å². The molecule has 1 aliphatic heterocycles. The van der Waals surface area contributed by atoms with Crippen LogP contribution in [0.2, 0.25) is 0 Å². The Morgan fingerprint density at radius 3 is 2.89 bits per heavy atom. The molecule has 1 saturated heterocycles. The molecule has 4 heteroatoms. The van der Waals surface area contributed by atoms with Crippen LogP contribution >= 0.6 is 0 Å². The smallest absolute Gasteiger partial charge is 0.250 e. The van der Waals surface area contributed by atoms with Crippen molar-refractivity contribution in [1.82, 2.24) is 10.6 Å². The van der Waals surface area contributed by atoms with Crippen LogP contribution in [0.5, 0.6) is 0 Å². The fourth-order valence-electron chi connectivity index (χ4n) is 2.70. The topological polar surface area (TPSA) is 50.4 Å². The Labute approximate surface area is 110 Å². The van der Waals surface area contributed by atoms with E-state index in [0.717, 1.165) is 13.0 Å². The Bertz CT molecular complexity index is 261. The second-order valence-electron chi connectivity index (χ2n) is 5.51. The van der Waals surface area contributed by atoms with Crippen molar-refractivity contribution in [3.8, 4) is 0 Å². The van der Waals surface area contributed by atoms with E-state index in [1.807, 2.05) is 0 Å². The summed E-state index contributed by atoms with van der Waals surface area (Å²) in [6.07, 6.45) is 7.10. The summed E-state index contributed by atoms with van der Waals surface area (Å²) < 4.78 is 5.50. The van der Waals surface area contributed by atoms with Gasteiger partial charge in [-0.1, -0.05) is 26.2 Å². The Hall–Kier alpha value is -0.610. The molecule has 1 aliphatic carbocycles. The summed E-state index contributed by atoms with van der Waals surface area (Å²) >= 11 is 0. The van der Waals surface area contributed by atoms with Gasteiger partial charge in [-0.15, -0.1) is 0 Å². The lowest BCUT2D eigenvalue weighted by Gasteiger charge is -2.35. The third-order valence-electron chi connectivity index (χ3n) is 4.14. The van der Waals surface area contributed by atoms with Crippen molar-refractivity contribution in [2.24, 2.45) is 5.92 Å². The molecule has 1 heterocycles. The summed E-state index contributed by atoms with van der Waals surface area (Å²) in [4.78, 5) is 12.1. The quantitative estimate of drug-likeness (QED) is 0.754. The van der Waals surface area contributed by atoms with Gasteiger partial charge in [0.1, 0.15) is 6.10 Å². The van der Waals surface area contributed by atoms with Crippen molar-refractivity contribution in [3.63, 3.8) is 0 Å². The third-order valence-corrected chi connectivity index (χ3v) is 4.14. The second kappa shape index (κ2) is 7.10. The van der Waals surface area contributed by atoms with Crippen LogP contribution in [0.25, 0.3) is 0 Å². The summed E-state index contributed by atoms with van der Waals surface area (Å²) in [5.74, 6) is 0.784. The molecule has 0 radical (unpaired) electrons. The molecular formula is C14H26N2O2. The lowest BCUT2D eigenvalue weighted by atomic mass is 9.78. The fraction of sp³-hybridized carbons (Fsp3) is 0.929. The van der Waals surface area contributed by atoms with Crippen LogP contribution in [0.1, 0.15) is 45.4 Å². The van der Waals surface area contributed by atoms with Gasteiger partial charge in [0.2, 0.25) is 0 Å². The number of carbonyl (C=O) groups is 1. The van der Waals surface area contributed by atoms with E-state index in [9.17, 15) is 4.79 Å². The molecule has 2 fully saturated rings. The third kappa shape index (κ3) is 3.69. The standard InChI is InChI=1S/C14H26N2O2/c1-2-3-7-12(11-5-4-6-11)16-14(17)13-10-15-8-9-18-13/h11-13,15H,2-10H2,1H3,(H,16,17). The van der Waals surface area contributed by atoms with E-state index in [1.165, 1.54) is 32.1 Å². The predicted molar refractivity (Wildman–Crippen MR) is 71.4 cm³/mol. The van der Waals surface area contributed by atoms with Crippen LogP contribution in [-0.2, 0) is 9.53 Å². The highest BCUT2D eigenvalue weighted by Gasteiger charge is 2.30. The van der Waals surface area contributed by atoms with Crippen molar-refractivity contribution >= 4 is 5.91 Å². The highest BCUT2D eigenvalue weighted by atomic mass is 16.5. The molecule has 0 spiro atoms. The molecule has 0 aromatic rings. The highest BCUT2D eigenvalue weighted by Crippen LogP contribution is 2.31. The van der Waals surface area contributed by atoms with Gasteiger partial charge in [0.05, 0.1) is 6.61 Å². The SMILES string of the molecule is CCCCC(NC(=O)C1CNCCO1)C1CCC1. The minimum atomic E-state index is -0.289. The lowest BCUT2D eigenvalue weighted by molar-refractivity contribution is -0.135. The van der Waals surface area contributed by atoms with Crippen molar-refractivity contribution in [3.05, 3.63) is 0 Å². The molecule has 2 aliphatic rings. The molecule has 0 aromatic heterocycles. The Balaban J connectivity index is 1.80. The van der Waals surface area contributed by atoms with Crippen LogP contribution in [-0.4, -0.2) is 37.7 Å². The first-order valence-electron chi connectivity index (χ1n) is 7.44. The van der Waals surface area contributed by atoms with E-state index in [-0.39, 0.29) is 12.0 Å². The monoisotopic (exact) mass is 254 g/mol.